The van der Waals surface area contributed by atoms with Crippen LogP contribution >= 0.6 is 0 Å². The highest BCUT2D eigenvalue weighted by atomic mass is 19.1. The fraction of sp³-hybridized carbons (Fsp3) is 0.429. The molecular formula is C14H19FO. The van der Waals surface area contributed by atoms with Crippen LogP contribution in [0.5, 0.6) is 0 Å². The van der Waals surface area contributed by atoms with Crippen LogP contribution in [-0.2, 0) is 0 Å². The van der Waals surface area contributed by atoms with E-state index in [2.05, 4.69) is 13.5 Å². The average Bonchev–Trinajstić information content (AvgIpc) is 2.27. The average molecular weight is 222 g/mol. The van der Waals surface area contributed by atoms with Gasteiger partial charge in [-0.25, -0.2) is 4.39 Å². The van der Waals surface area contributed by atoms with Crippen molar-refractivity contribution in [3.05, 3.63) is 48.3 Å². The lowest BCUT2D eigenvalue weighted by molar-refractivity contribution is 0.134. The molecule has 0 aliphatic rings. The summed E-state index contributed by atoms with van der Waals surface area (Å²) in [6.07, 6.45) is 1.83. The first-order valence-electron chi connectivity index (χ1n) is 5.74. The van der Waals surface area contributed by atoms with Crippen molar-refractivity contribution in [3.8, 4) is 0 Å². The van der Waals surface area contributed by atoms with Crippen LogP contribution in [0.3, 0.4) is 0 Å². The zero-order valence-electron chi connectivity index (χ0n) is 9.70. The van der Waals surface area contributed by atoms with Crippen molar-refractivity contribution in [1.82, 2.24) is 0 Å². The van der Waals surface area contributed by atoms with Gasteiger partial charge in [-0.2, -0.15) is 0 Å². The first-order chi connectivity index (χ1) is 7.66. The molecule has 0 aromatic heterocycles. The molecule has 1 N–H and O–H groups in total. The lowest BCUT2D eigenvalue weighted by atomic mass is 9.90. The fourth-order valence-electron chi connectivity index (χ4n) is 1.85. The van der Waals surface area contributed by atoms with Crippen LogP contribution in [0.25, 0.3) is 0 Å². The fourth-order valence-corrected chi connectivity index (χ4v) is 1.85. The minimum atomic E-state index is -0.681. The van der Waals surface area contributed by atoms with Gasteiger partial charge in [0.25, 0.3) is 0 Å². The van der Waals surface area contributed by atoms with Gasteiger partial charge < -0.3 is 5.11 Å². The number of rotatable bonds is 6. The van der Waals surface area contributed by atoms with E-state index in [9.17, 15) is 9.50 Å². The van der Waals surface area contributed by atoms with Crippen LogP contribution in [0.4, 0.5) is 4.39 Å². The van der Waals surface area contributed by atoms with Gasteiger partial charge in [0, 0.05) is 0 Å². The molecule has 2 atom stereocenters. The molecule has 0 bridgehead atoms. The smallest absolute Gasteiger partial charge is 0.103 e. The number of hydrogen-bond donors (Lipinski definition) is 1. The number of unbranched alkanes of at least 4 members (excludes halogenated alkanes) is 1. The third-order valence-electron chi connectivity index (χ3n) is 2.73. The van der Waals surface area contributed by atoms with E-state index in [-0.39, 0.29) is 0 Å². The SMILES string of the molecule is C=C(F)[C@H](c1ccccc1)[C@H](O)CCCC. The van der Waals surface area contributed by atoms with E-state index in [1.165, 1.54) is 0 Å². The van der Waals surface area contributed by atoms with Crippen LogP contribution in [0.2, 0.25) is 0 Å². The number of benzene rings is 1. The maximum atomic E-state index is 13.4. The molecule has 1 nitrogen and oxygen atoms in total. The molecule has 0 aliphatic heterocycles. The number of halogens is 1. The minimum absolute atomic E-state index is 0.463. The largest absolute Gasteiger partial charge is 0.392 e. The van der Waals surface area contributed by atoms with E-state index in [4.69, 9.17) is 0 Å². The summed E-state index contributed by atoms with van der Waals surface area (Å²) in [5.74, 6) is -1.05. The number of hydrogen-bond acceptors (Lipinski definition) is 1. The van der Waals surface area contributed by atoms with E-state index in [0.29, 0.717) is 6.42 Å². The highest BCUT2D eigenvalue weighted by Crippen LogP contribution is 2.29. The Labute approximate surface area is 96.6 Å². The summed E-state index contributed by atoms with van der Waals surface area (Å²) in [5.41, 5.74) is 0.790. The quantitative estimate of drug-likeness (QED) is 0.776. The van der Waals surface area contributed by atoms with Crippen molar-refractivity contribution in [3.63, 3.8) is 0 Å². The Kier molecular flexibility index (Phi) is 5.20. The van der Waals surface area contributed by atoms with E-state index in [0.717, 1.165) is 18.4 Å². The van der Waals surface area contributed by atoms with Gasteiger partial charge in [0.1, 0.15) is 5.83 Å². The summed E-state index contributed by atoms with van der Waals surface area (Å²) < 4.78 is 13.4. The lowest BCUT2D eigenvalue weighted by Gasteiger charge is -2.21. The highest BCUT2D eigenvalue weighted by Gasteiger charge is 2.23. The lowest BCUT2D eigenvalue weighted by Crippen LogP contribution is -2.18. The molecule has 2 heteroatoms. The van der Waals surface area contributed by atoms with Crippen molar-refractivity contribution in [2.75, 3.05) is 0 Å². The molecule has 0 aliphatic carbocycles. The van der Waals surface area contributed by atoms with Gasteiger partial charge in [0.2, 0.25) is 0 Å². The molecule has 1 rings (SSSR count). The van der Waals surface area contributed by atoms with E-state index < -0.39 is 17.8 Å². The van der Waals surface area contributed by atoms with Crippen molar-refractivity contribution < 1.29 is 9.50 Å². The maximum Gasteiger partial charge on any atom is 0.103 e. The second-order valence-corrected chi connectivity index (χ2v) is 4.04. The van der Waals surface area contributed by atoms with Crippen LogP contribution in [0.15, 0.2) is 42.7 Å². The third-order valence-corrected chi connectivity index (χ3v) is 2.73. The monoisotopic (exact) mass is 222 g/mol. The van der Waals surface area contributed by atoms with Gasteiger partial charge in [-0.1, -0.05) is 56.7 Å². The number of aliphatic hydroxyl groups excluding tert-OH is 1. The molecule has 0 heterocycles. The normalized spacial score (nSPS) is 14.4. The van der Waals surface area contributed by atoms with Gasteiger partial charge in [-0.15, -0.1) is 0 Å². The Morgan fingerprint density at radius 1 is 1.38 bits per heavy atom. The van der Waals surface area contributed by atoms with Crippen molar-refractivity contribution in [2.24, 2.45) is 0 Å². The van der Waals surface area contributed by atoms with Gasteiger partial charge in [0.15, 0.2) is 0 Å². The van der Waals surface area contributed by atoms with Gasteiger partial charge in [0.05, 0.1) is 12.0 Å². The van der Waals surface area contributed by atoms with Gasteiger partial charge >= 0.3 is 0 Å². The maximum absolute atomic E-state index is 13.4. The predicted octanol–water partition coefficient (Wildman–Crippen LogP) is 3.80. The van der Waals surface area contributed by atoms with E-state index in [1.807, 2.05) is 30.3 Å². The molecule has 0 radical (unpaired) electrons. The molecular weight excluding hydrogens is 203 g/mol. The Bertz CT molecular complexity index is 321. The molecule has 16 heavy (non-hydrogen) atoms. The summed E-state index contributed by atoms with van der Waals surface area (Å²) in [6.45, 7) is 5.38. The molecule has 0 spiro atoms. The molecule has 0 amide bonds. The van der Waals surface area contributed by atoms with Crippen molar-refractivity contribution in [2.45, 2.75) is 38.2 Å². The molecule has 1 aromatic rings. The second-order valence-electron chi connectivity index (χ2n) is 4.04. The Morgan fingerprint density at radius 2 is 2.00 bits per heavy atom. The summed E-state index contributed by atoms with van der Waals surface area (Å²) >= 11 is 0. The van der Waals surface area contributed by atoms with Crippen LogP contribution in [-0.4, -0.2) is 11.2 Å². The molecule has 88 valence electrons. The summed E-state index contributed by atoms with van der Waals surface area (Å²) in [4.78, 5) is 0. The van der Waals surface area contributed by atoms with E-state index in [1.54, 1.807) is 0 Å². The Hall–Kier alpha value is -1.15. The molecule has 1 aromatic carbocycles. The number of aliphatic hydroxyl groups is 1. The van der Waals surface area contributed by atoms with Gasteiger partial charge in [-0.3, -0.25) is 0 Å². The first-order valence-corrected chi connectivity index (χ1v) is 5.74. The van der Waals surface area contributed by atoms with Gasteiger partial charge in [-0.05, 0) is 12.0 Å². The van der Waals surface area contributed by atoms with Crippen LogP contribution in [0.1, 0.15) is 37.7 Å². The van der Waals surface area contributed by atoms with E-state index >= 15 is 0 Å². The summed E-state index contributed by atoms with van der Waals surface area (Å²) in [7, 11) is 0. The second kappa shape index (κ2) is 6.44. The topological polar surface area (TPSA) is 20.2 Å². The predicted molar refractivity (Wildman–Crippen MR) is 65.0 cm³/mol. The van der Waals surface area contributed by atoms with Crippen molar-refractivity contribution >= 4 is 0 Å². The Balaban J connectivity index is 2.79. The Morgan fingerprint density at radius 3 is 2.50 bits per heavy atom. The molecule has 0 saturated heterocycles. The third kappa shape index (κ3) is 3.46. The molecule has 0 fully saturated rings. The molecule has 0 saturated carbocycles. The standard InChI is InChI=1S/C14H19FO/c1-3-4-10-13(16)14(11(2)15)12-8-6-5-7-9-12/h5-9,13-14,16H,2-4,10H2,1H3/t13-,14-/m1/s1. The first kappa shape index (κ1) is 12.9. The van der Waals surface area contributed by atoms with Crippen LogP contribution in [0, 0.1) is 0 Å². The van der Waals surface area contributed by atoms with Crippen molar-refractivity contribution in [1.29, 1.82) is 0 Å². The zero-order chi connectivity index (χ0) is 12.0. The van der Waals surface area contributed by atoms with Crippen LogP contribution < -0.4 is 0 Å². The summed E-state index contributed by atoms with van der Waals surface area (Å²) in [6, 6.07) is 9.21. The zero-order valence-corrected chi connectivity index (χ0v) is 9.70. The highest BCUT2D eigenvalue weighted by molar-refractivity contribution is 5.26. The minimum Gasteiger partial charge on any atom is -0.392 e. The molecule has 0 unspecified atom stereocenters. The summed E-state index contributed by atoms with van der Waals surface area (Å²) in [5, 5.41) is 9.96.